The molecule has 2 aliphatic rings. The SMILES string of the molecule is CCC(CC1CC1)N1CNC(c2ccccc2)C1=O. The molecule has 102 valence electrons. The average Bonchev–Trinajstić information content (AvgIpc) is 3.19. The number of hydrogen-bond acceptors (Lipinski definition) is 2. The van der Waals surface area contributed by atoms with E-state index in [0.29, 0.717) is 12.7 Å². The first-order chi connectivity index (χ1) is 9.29. The maximum Gasteiger partial charge on any atom is 0.245 e. The minimum atomic E-state index is -0.144. The van der Waals surface area contributed by atoms with Gasteiger partial charge in [-0.3, -0.25) is 10.1 Å². The molecule has 1 heterocycles. The molecule has 2 unspecified atom stereocenters. The maximum atomic E-state index is 12.6. The second kappa shape index (κ2) is 5.33. The highest BCUT2D eigenvalue weighted by Crippen LogP contribution is 2.36. The number of nitrogens with zero attached hydrogens (tertiary/aromatic N) is 1. The highest BCUT2D eigenvalue weighted by molar-refractivity contribution is 5.85. The van der Waals surface area contributed by atoms with Gasteiger partial charge in [0.2, 0.25) is 5.91 Å². The fourth-order valence-corrected chi connectivity index (χ4v) is 2.99. The van der Waals surface area contributed by atoms with Gasteiger partial charge in [-0.25, -0.2) is 0 Å². The highest BCUT2D eigenvalue weighted by atomic mass is 16.2. The van der Waals surface area contributed by atoms with Gasteiger partial charge in [-0.15, -0.1) is 0 Å². The van der Waals surface area contributed by atoms with Crippen molar-refractivity contribution >= 4 is 5.91 Å². The van der Waals surface area contributed by atoms with Gasteiger partial charge in [-0.2, -0.15) is 0 Å². The van der Waals surface area contributed by atoms with E-state index in [1.165, 1.54) is 19.3 Å². The van der Waals surface area contributed by atoms with Crippen molar-refractivity contribution in [2.75, 3.05) is 6.67 Å². The van der Waals surface area contributed by atoms with Crippen molar-refractivity contribution in [2.24, 2.45) is 5.92 Å². The molecule has 3 nitrogen and oxygen atoms in total. The maximum absolute atomic E-state index is 12.6. The molecule has 0 aromatic heterocycles. The fourth-order valence-electron chi connectivity index (χ4n) is 2.99. The van der Waals surface area contributed by atoms with Gasteiger partial charge < -0.3 is 4.90 Å². The molecule has 2 atom stereocenters. The summed E-state index contributed by atoms with van der Waals surface area (Å²) in [6.45, 7) is 2.89. The second-order valence-electron chi connectivity index (χ2n) is 5.76. The van der Waals surface area contributed by atoms with Crippen molar-refractivity contribution in [1.29, 1.82) is 0 Å². The Morgan fingerprint density at radius 1 is 1.32 bits per heavy atom. The lowest BCUT2D eigenvalue weighted by Crippen LogP contribution is -2.37. The van der Waals surface area contributed by atoms with Crippen molar-refractivity contribution in [3.8, 4) is 0 Å². The molecule has 1 saturated carbocycles. The van der Waals surface area contributed by atoms with E-state index in [4.69, 9.17) is 0 Å². The normalized spacial score (nSPS) is 24.8. The van der Waals surface area contributed by atoms with Crippen LogP contribution in [0.15, 0.2) is 30.3 Å². The van der Waals surface area contributed by atoms with Gasteiger partial charge in [0, 0.05) is 6.04 Å². The monoisotopic (exact) mass is 258 g/mol. The van der Waals surface area contributed by atoms with Crippen LogP contribution in [-0.4, -0.2) is 23.5 Å². The smallest absolute Gasteiger partial charge is 0.245 e. The van der Waals surface area contributed by atoms with Crippen LogP contribution in [-0.2, 0) is 4.79 Å². The third kappa shape index (κ3) is 2.66. The summed E-state index contributed by atoms with van der Waals surface area (Å²) in [4.78, 5) is 14.6. The number of benzene rings is 1. The lowest BCUT2D eigenvalue weighted by atomic mass is 10.0. The van der Waals surface area contributed by atoms with Gasteiger partial charge >= 0.3 is 0 Å². The Morgan fingerprint density at radius 2 is 2.05 bits per heavy atom. The zero-order chi connectivity index (χ0) is 13.2. The zero-order valence-electron chi connectivity index (χ0n) is 11.5. The summed E-state index contributed by atoms with van der Waals surface area (Å²) in [5.74, 6) is 1.12. The molecule has 1 aliphatic carbocycles. The topological polar surface area (TPSA) is 32.3 Å². The molecule has 1 aliphatic heterocycles. The van der Waals surface area contributed by atoms with Gasteiger partial charge in [-0.05, 0) is 24.3 Å². The second-order valence-corrected chi connectivity index (χ2v) is 5.76. The number of hydrogen-bond donors (Lipinski definition) is 1. The first-order valence-corrected chi connectivity index (χ1v) is 7.38. The third-order valence-corrected chi connectivity index (χ3v) is 4.34. The van der Waals surface area contributed by atoms with Crippen LogP contribution in [0, 0.1) is 5.92 Å². The number of carbonyl (C=O) groups is 1. The largest absolute Gasteiger partial charge is 0.325 e. The zero-order valence-corrected chi connectivity index (χ0v) is 11.5. The van der Waals surface area contributed by atoms with E-state index in [0.717, 1.165) is 17.9 Å². The molecule has 1 saturated heterocycles. The van der Waals surface area contributed by atoms with Crippen LogP contribution in [0.4, 0.5) is 0 Å². The number of rotatable bonds is 5. The summed E-state index contributed by atoms with van der Waals surface area (Å²) >= 11 is 0. The van der Waals surface area contributed by atoms with Gasteiger partial charge in [0.05, 0.1) is 6.67 Å². The molecule has 2 fully saturated rings. The van der Waals surface area contributed by atoms with Crippen LogP contribution in [0.25, 0.3) is 0 Å². The average molecular weight is 258 g/mol. The summed E-state index contributed by atoms with van der Waals surface area (Å²) in [5, 5.41) is 3.36. The summed E-state index contributed by atoms with van der Waals surface area (Å²) in [6, 6.07) is 10.3. The molecule has 1 amide bonds. The predicted octanol–water partition coefficient (Wildman–Crippen LogP) is 2.70. The van der Waals surface area contributed by atoms with E-state index in [9.17, 15) is 4.79 Å². The summed E-state index contributed by atoms with van der Waals surface area (Å²) in [6.07, 6.45) is 4.96. The Kier molecular flexibility index (Phi) is 3.56. The van der Waals surface area contributed by atoms with Gasteiger partial charge in [-0.1, -0.05) is 50.1 Å². The minimum Gasteiger partial charge on any atom is -0.325 e. The van der Waals surface area contributed by atoms with E-state index in [-0.39, 0.29) is 11.9 Å². The van der Waals surface area contributed by atoms with Crippen LogP contribution >= 0.6 is 0 Å². The molecule has 3 heteroatoms. The predicted molar refractivity (Wildman–Crippen MR) is 75.5 cm³/mol. The number of carbonyl (C=O) groups excluding carboxylic acids is 1. The molecule has 0 bridgehead atoms. The Labute approximate surface area is 115 Å². The molecular formula is C16H22N2O. The molecular weight excluding hydrogens is 236 g/mol. The van der Waals surface area contributed by atoms with Crippen molar-refractivity contribution in [2.45, 2.75) is 44.7 Å². The quantitative estimate of drug-likeness (QED) is 0.880. The molecule has 19 heavy (non-hydrogen) atoms. The first kappa shape index (κ1) is 12.7. The Bertz CT molecular complexity index is 441. The fraction of sp³-hybridized carbons (Fsp3) is 0.562. The van der Waals surface area contributed by atoms with Crippen LogP contribution < -0.4 is 5.32 Å². The van der Waals surface area contributed by atoms with Crippen LogP contribution in [0.2, 0.25) is 0 Å². The Morgan fingerprint density at radius 3 is 2.68 bits per heavy atom. The van der Waals surface area contributed by atoms with E-state index < -0.39 is 0 Å². The van der Waals surface area contributed by atoms with Crippen molar-refractivity contribution in [3.63, 3.8) is 0 Å². The Hall–Kier alpha value is -1.35. The van der Waals surface area contributed by atoms with Crippen LogP contribution in [0.1, 0.15) is 44.2 Å². The molecule has 1 N–H and O–H groups in total. The lowest BCUT2D eigenvalue weighted by Gasteiger charge is -2.26. The standard InChI is InChI=1S/C16H22N2O/c1-2-14(10-12-8-9-12)18-11-17-15(16(18)19)13-6-4-3-5-7-13/h3-7,12,14-15,17H,2,8-11H2,1H3. The number of amides is 1. The summed E-state index contributed by atoms with van der Waals surface area (Å²) in [5.41, 5.74) is 1.08. The first-order valence-electron chi connectivity index (χ1n) is 7.38. The molecule has 0 radical (unpaired) electrons. The van der Waals surface area contributed by atoms with Crippen LogP contribution in [0.3, 0.4) is 0 Å². The van der Waals surface area contributed by atoms with Gasteiger partial charge in [0.1, 0.15) is 6.04 Å². The van der Waals surface area contributed by atoms with E-state index in [1.54, 1.807) is 0 Å². The molecule has 1 aromatic carbocycles. The molecule has 3 rings (SSSR count). The minimum absolute atomic E-state index is 0.144. The Balaban J connectivity index is 1.70. The van der Waals surface area contributed by atoms with E-state index in [1.807, 2.05) is 30.3 Å². The van der Waals surface area contributed by atoms with Gasteiger partial charge in [0.25, 0.3) is 0 Å². The van der Waals surface area contributed by atoms with Crippen molar-refractivity contribution in [1.82, 2.24) is 10.2 Å². The van der Waals surface area contributed by atoms with E-state index in [2.05, 4.69) is 17.1 Å². The third-order valence-electron chi connectivity index (χ3n) is 4.34. The van der Waals surface area contributed by atoms with Gasteiger partial charge in [0.15, 0.2) is 0 Å². The molecule has 1 aromatic rings. The van der Waals surface area contributed by atoms with Crippen LogP contribution in [0.5, 0.6) is 0 Å². The lowest BCUT2D eigenvalue weighted by molar-refractivity contribution is -0.131. The van der Waals surface area contributed by atoms with E-state index >= 15 is 0 Å². The summed E-state index contributed by atoms with van der Waals surface area (Å²) in [7, 11) is 0. The number of nitrogens with one attached hydrogen (secondary N) is 1. The van der Waals surface area contributed by atoms with Crippen molar-refractivity contribution in [3.05, 3.63) is 35.9 Å². The highest BCUT2D eigenvalue weighted by Gasteiger charge is 2.37. The molecule has 0 spiro atoms. The van der Waals surface area contributed by atoms with Crippen molar-refractivity contribution < 1.29 is 4.79 Å². The summed E-state index contributed by atoms with van der Waals surface area (Å²) < 4.78 is 0.